The number of aliphatic hydroxyl groups is 2. The van der Waals surface area contributed by atoms with Gasteiger partial charge in [-0.15, -0.1) is 11.8 Å². The molecule has 35 heavy (non-hydrogen) atoms. The van der Waals surface area contributed by atoms with Crippen LogP contribution in [0.1, 0.15) is 37.4 Å². The van der Waals surface area contributed by atoms with E-state index in [9.17, 15) is 10.2 Å². The number of methoxy groups -OCH3 is 1. The number of nitrogens with zero attached hydrogens (tertiary/aromatic N) is 2. The highest BCUT2D eigenvalue weighted by atomic mass is 35.5. The zero-order valence-electron chi connectivity index (χ0n) is 19.9. The molecule has 8 heteroatoms. The minimum atomic E-state index is -0.740. The van der Waals surface area contributed by atoms with Crippen LogP contribution in [0.5, 0.6) is 5.75 Å². The molecule has 188 valence electrons. The van der Waals surface area contributed by atoms with Crippen LogP contribution in [0.2, 0.25) is 10.0 Å². The lowest BCUT2D eigenvalue weighted by atomic mass is 9.74. The molecule has 2 N–H and O–H groups in total. The molecule has 0 amide bonds. The van der Waals surface area contributed by atoms with Crippen LogP contribution in [0.15, 0.2) is 53.6 Å². The molecule has 1 saturated heterocycles. The molecular formula is C27H32Cl2N2O3S. The SMILES string of the molecule is COc1ccc2ncc(Cl)c([C@H](O)CCC3(CO)CCN(CCSc4cccc(Cl)c4)CC3)c2c1. The first kappa shape index (κ1) is 26.5. The maximum atomic E-state index is 11.1. The Morgan fingerprint density at radius 1 is 1.17 bits per heavy atom. The number of benzene rings is 2. The van der Waals surface area contributed by atoms with Gasteiger partial charge in [-0.05, 0) is 80.6 Å². The number of aliphatic hydroxyl groups excluding tert-OH is 2. The van der Waals surface area contributed by atoms with Crippen molar-refractivity contribution in [2.75, 3.05) is 39.1 Å². The van der Waals surface area contributed by atoms with Crippen LogP contribution in [0, 0.1) is 5.41 Å². The minimum absolute atomic E-state index is 0.128. The van der Waals surface area contributed by atoms with Crippen molar-refractivity contribution in [3.8, 4) is 5.75 Å². The van der Waals surface area contributed by atoms with E-state index in [0.29, 0.717) is 22.8 Å². The largest absolute Gasteiger partial charge is 0.497 e. The van der Waals surface area contributed by atoms with E-state index >= 15 is 0 Å². The second-order valence-electron chi connectivity index (χ2n) is 9.26. The molecule has 0 aliphatic carbocycles. The molecule has 1 aliphatic heterocycles. The van der Waals surface area contributed by atoms with Crippen LogP contribution < -0.4 is 4.74 Å². The molecule has 1 aromatic heterocycles. The van der Waals surface area contributed by atoms with E-state index in [4.69, 9.17) is 27.9 Å². The third kappa shape index (κ3) is 6.62. The molecule has 1 aliphatic rings. The predicted molar refractivity (Wildman–Crippen MR) is 145 cm³/mol. The third-order valence-electron chi connectivity index (χ3n) is 7.07. The monoisotopic (exact) mass is 534 g/mol. The molecule has 2 heterocycles. The quantitative estimate of drug-likeness (QED) is 0.300. The molecule has 2 aromatic carbocycles. The maximum Gasteiger partial charge on any atom is 0.119 e. The number of fused-ring (bicyclic) bond motifs is 1. The average Bonchev–Trinajstić information content (AvgIpc) is 2.88. The second-order valence-corrected chi connectivity index (χ2v) is 11.3. The number of hydrogen-bond acceptors (Lipinski definition) is 6. The molecule has 1 fully saturated rings. The van der Waals surface area contributed by atoms with E-state index < -0.39 is 6.10 Å². The number of piperidine rings is 1. The van der Waals surface area contributed by atoms with Crippen LogP contribution in [0.4, 0.5) is 0 Å². The highest BCUT2D eigenvalue weighted by Crippen LogP contribution is 2.40. The van der Waals surface area contributed by atoms with E-state index in [0.717, 1.165) is 60.6 Å². The summed E-state index contributed by atoms with van der Waals surface area (Å²) in [5.41, 5.74) is 1.27. The molecule has 5 nitrogen and oxygen atoms in total. The van der Waals surface area contributed by atoms with E-state index in [2.05, 4.69) is 16.0 Å². The molecular weight excluding hydrogens is 503 g/mol. The van der Waals surface area contributed by atoms with Gasteiger partial charge >= 0.3 is 0 Å². The zero-order valence-corrected chi connectivity index (χ0v) is 22.2. The lowest BCUT2D eigenvalue weighted by Crippen LogP contribution is -2.43. The predicted octanol–water partition coefficient (Wildman–Crippen LogP) is 6.23. The third-order valence-corrected chi connectivity index (χ3v) is 8.58. The number of thioether (sulfide) groups is 1. The summed E-state index contributed by atoms with van der Waals surface area (Å²) in [6.45, 7) is 3.02. The smallest absolute Gasteiger partial charge is 0.119 e. The average molecular weight is 536 g/mol. The van der Waals surface area contributed by atoms with Crippen molar-refractivity contribution < 1.29 is 14.9 Å². The van der Waals surface area contributed by atoms with Crippen LogP contribution in [-0.4, -0.2) is 59.2 Å². The zero-order chi connectivity index (χ0) is 24.8. The van der Waals surface area contributed by atoms with E-state index in [1.54, 1.807) is 13.3 Å². The highest BCUT2D eigenvalue weighted by Gasteiger charge is 2.34. The number of pyridine rings is 1. The fraction of sp³-hybridized carbons (Fsp3) is 0.444. The number of ether oxygens (including phenoxy) is 1. The van der Waals surface area contributed by atoms with Crippen LogP contribution in [-0.2, 0) is 0 Å². The van der Waals surface area contributed by atoms with E-state index in [-0.39, 0.29) is 12.0 Å². The van der Waals surface area contributed by atoms with Crippen molar-refractivity contribution in [3.05, 3.63) is 64.3 Å². The molecule has 4 rings (SSSR count). The number of aromatic nitrogens is 1. The Labute approximate surface area is 221 Å². The standard InChI is InChI=1S/C27H32Cl2N2O3S/c1-34-20-5-6-24-22(16-20)26(23(29)17-30-24)25(33)7-8-27(18-32)9-11-31(12-10-27)13-14-35-21-4-2-3-19(28)15-21/h2-6,15-17,25,32-33H,7-14,18H2,1H3/t25-/m1/s1. The summed E-state index contributed by atoms with van der Waals surface area (Å²) in [5, 5.41) is 23.4. The fourth-order valence-corrected chi connectivity index (χ4v) is 6.31. The van der Waals surface area contributed by atoms with Gasteiger partial charge in [-0.2, -0.15) is 0 Å². The Hall–Kier alpha value is -1.54. The normalized spacial score (nSPS) is 16.9. The van der Waals surface area contributed by atoms with Crippen molar-refractivity contribution in [3.63, 3.8) is 0 Å². The topological polar surface area (TPSA) is 65.8 Å². The van der Waals surface area contributed by atoms with Crippen LogP contribution >= 0.6 is 35.0 Å². The van der Waals surface area contributed by atoms with Gasteiger partial charge in [-0.1, -0.05) is 29.3 Å². The van der Waals surface area contributed by atoms with Gasteiger partial charge < -0.3 is 19.8 Å². The van der Waals surface area contributed by atoms with Crippen molar-refractivity contribution in [2.24, 2.45) is 5.41 Å². The second kappa shape index (κ2) is 12.1. The summed E-state index contributed by atoms with van der Waals surface area (Å²) in [4.78, 5) is 8.03. The van der Waals surface area contributed by atoms with Crippen molar-refractivity contribution >= 4 is 45.9 Å². The van der Waals surface area contributed by atoms with Gasteiger partial charge in [0, 0.05) is 46.0 Å². The molecule has 0 unspecified atom stereocenters. The molecule has 3 aromatic rings. The molecule has 0 radical (unpaired) electrons. The van der Waals surface area contributed by atoms with E-state index in [1.807, 2.05) is 48.2 Å². The Balaban J connectivity index is 1.33. The molecule has 1 atom stereocenters. The van der Waals surface area contributed by atoms with Crippen molar-refractivity contribution in [1.82, 2.24) is 9.88 Å². The van der Waals surface area contributed by atoms with Crippen LogP contribution in [0.25, 0.3) is 10.9 Å². The molecule has 0 spiro atoms. The first-order valence-electron chi connectivity index (χ1n) is 11.9. The first-order valence-corrected chi connectivity index (χ1v) is 13.7. The van der Waals surface area contributed by atoms with Gasteiger partial charge in [0.25, 0.3) is 0 Å². The maximum absolute atomic E-state index is 11.1. The van der Waals surface area contributed by atoms with Gasteiger partial charge in [-0.25, -0.2) is 0 Å². The molecule has 0 saturated carbocycles. The molecule has 0 bridgehead atoms. The summed E-state index contributed by atoms with van der Waals surface area (Å²) in [5.74, 6) is 1.70. The Kier molecular flexibility index (Phi) is 9.19. The number of rotatable bonds is 10. The van der Waals surface area contributed by atoms with Gasteiger partial charge in [0.2, 0.25) is 0 Å². The highest BCUT2D eigenvalue weighted by molar-refractivity contribution is 7.99. The van der Waals surface area contributed by atoms with Crippen LogP contribution in [0.3, 0.4) is 0 Å². The fourth-order valence-electron chi connectivity index (χ4n) is 4.81. The summed E-state index contributed by atoms with van der Waals surface area (Å²) < 4.78 is 5.36. The van der Waals surface area contributed by atoms with Gasteiger partial charge in [0.15, 0.2) is 0 Å². The Bertz CT molecular complexity index is 1140. The van der Waals surface area contributed by atoms with Gasteiger partial charge in [-0.3, -0.25) is 4.98 Å². The summed E-state index contributed by atoms with van der Waals surface area (Å²) in [6, 6.07) is 13.5. The Morgan fingerprint density at radius 3 is 2.69 bits per heavy atom. The van der Waals surface area contributed by atoms with Crippen molar-refractivity contribution in [2.45, 2.75) is 36.7 Å². The van der Waals surface area contributed by atoms with Gasteiger partial charge in [0.05, 0.1) is 23.8 Å². The van der Waals surface area contributed by atoms with E-state index in [1.165, 1.54) is 4.90 Å². The Morgan fingerprint density at radius 2 is 1.97 bits per heavy atom. The first-order chi connectivity index (χ1) is 16.9. The number of halogens is 2. The summed E-state index contributed by atoms with van der Waals surface area (Å²) in [6.07, 6.45) is 3.95. The van der Waals surface area contributed by atoms with Gasteiger partial charge in [0.1, 0.15) is 5.75 Å². The summed E-state index contributed by atoms with van der Waals surface area (Å²) >= 11 is 14.4. The lowest BCUT2D eigenvalue weighted by molar-refractivity contribution is 0.0254. The minimum Gasteiger partial charge on any atom is -0.497 e. The summed E-state index contributed by atoms with van der Waals surface area (Å²) in [7, 11) is 1.61. The number of likely N-dealkylation sites (tertiary alicyclic amines) is 1. The number of hydrogen-bond donors (Lipinski definition) is 2. The van der Waals surface area contributed by atoms with Crippen molar-refractivity contribution in [1.29, 1.82) is 0 Å². The lowest BCUT2D eigenvalue weighted by Gasteiger charge is -2.41.